The number of nitrogens with zero attached hydrogens (tertiary/aromatic N) is 1. The standard InChI is InChI=1S/C17H17ClN2O6S.C13H17ClN2O4.C9H14N2O3/c1-11-9-12(18)3-8-15(11)26-10-16(21)19-13-4-6-14(7-5-13)27(23,24)20-17(22)25-2;1-3-9(8-14)15-13(18)20-11-6-4-5-10(7-11)16-12(17)19-2;1-9(2,3)6-5-7(11-14-6)10-8(12)13-4/h3-9H,10H2,1-2H3,(H,19,21)(H,20,22);4-7,9H,3,8H2,1-2H3,(H,15,18)(H,16,17);5H,1-4H3,(H,10,11,12). The van der Waals surface area contributed by atoms with E-state index in [-0.39, 0.29) is 23.0 Å². The van der Waals surface area contributed by atoms with Crippen molar-refractivity contribution in [2.24, 2.45) is 0 Å². The van der Waals surface area contributed by atoms with E-state index >= 15 is 0 Å². The van der Waals surface area contributed by atoms with Gasteiger partial charge in [0.25, 0.3) is 15.9 Å². The molecule has 0 aliphatic carbocycles. The first-order chi connectivity index (χ1) is 28.7. The molecule has 0 saturated carbocycles. The van der Waals surface area contributed by atoms with Crippen molar-refractivity contribution >= 4 is 80.7 Å². The summed E-state index contributed by atoms with van der Waals surface area (Å²) in [6.45, 7) is 9.47. The summed E-state index contributed by atoms with van der Waals surface area (Å²) in [6, 6.07) is 18.2. The third kappa shape index (κ3) is 18.7. The molecule has 0 saturated heterocycles. The summed E-state index contributed by atoms with van der Waals surface area (Å²) in [5.41, 5.74) is 1.51. The summed E-state index contributed by atoms with van der Waals surface area (Å²) < 4.78 is 54.3. The van der Waals surface area contributed by atoms with Crippen molar-refractivity contribution in [2.45, 2.75) is 57.4 Å². The molecule has 19 nitrogen and oxygen atoms in total. The molecule has 22 heteroatoms. The van der Waals surface area contributed by atoms with Gasteiger partial charge in [-0.15, -0.1) is 11.6 Å². The first-order valence-corrected chi connectivity index (χ1v) is 20.3. The van der Waals surface area contributed by atoms with Crippen LogP contribution in [-0.2, 0) is 34.4 Å². The molecule has 0 bridgehead atoms. The van der Waals surface area contributed by atoms with E-state index < -0.39 is 40.3 Å². The Kier molecular flexibility index (Phi) is 20.6. The van der Waals surface area contributed by atoms with Crippen LogP contribution in [0.4, 0.5) is 36.4 Å². The Morgan fingerprint density at radius 2 is 1.44 bits per heavy atom. The largest absolute Gasteiger partial charge is 0.483 e. The van der Waals surface area contributed by atoms with Crippen LogP contribution < -0.4 is 35.5 Å². The third-order valence-electron chi connectivity index (χ3n) is 7.49. The van der Waals surface area contributed by atoms with Crippen LogP contribution >= 0.6 is 23.2 Å². The second-order valence-electron chi connectivity index (χ2n) is 13.2. The number of methoxy groups -OCH3 is 3. The number of aryl methyl sites for hydroxylation is 1. The molecule has 61 heavy (non-hydrogen) atoms. The highest BCUT2D eigenvalue weighted by molar-refractivity contribution is 7.90. The van der Waals surface area contributed by atoms with Gasteiger partial charge in [0.15, 0.2) is 12.4 Å². The Morgan fingerprint density at radius 3 is 2.00 bits per heavy atom. The van der Waals surface area contributed by atoms with Crippen LogP contribution in [0.3, 0.4) is 0 Å². The first kappa shape index (κ1) is 50.9. The number of hydrogen-bond acceptors (Lipinski definition) is 14. The van der Waals surface area contributed by atoms with E-state index in [4.69, 9.17) is 37.2 Å². The molecule has 0 radical (unpaired) electrons. The number of anilines is 3. The molecule has 332 valence electrons. The summed E-state index contributed by atoms with van der Waals surface area (Å²) >= 11 is 11.5. The third-order valence-corrected chi connectivity index (χ3v) is 9.43. The molecule has 0 spiro atoms. The van der Waals surface area contributed by atoms with Crippen molar-refractivity contribution in [1.29, 1.82) is 0 Å². The van der Waals surface area contributed by atoms with Crippen molar-refractivity contribution in [2.75, 3.05) is 49.8 Å². The Hall–Kier alpha value is -6.25. The molecule has 5 N–H and O–H groups in total. The number of ether oxygens (including phenoxy) is 5. The van der Waals surface area contributed by atoms with Crippen molar-refractivity contribution in [3.63, 3.8) is 0 Å². The highest BCUT2D eigenvalue weighted by atomic mass is 35.5. The van der Waals surface area contributed by atoms with Crippen LogP contribution in [0.5, 0.6) is 11.5 Å². The maximum Gasteiger partial charge on any atom is 0.420 e. The van der Waals surface area contributed by atoms with Gasteiger partial charge < -0.3 is 38.8 Å². The highest BCUT2D eigenvalue weighted by Crippen LogP contribution is 2.25. The number of sulfonamides is 1. The van der Waals surface area contributed by atoms with Gasteiger partial charge in [-0.2, -0.15) is 0 Å². The molecule has 1 unspecified atom stereocenters. The molecule has 1 atom stereocenters. The van der Waals surface area contributed by atoms with E-state index in [9.17, 15) is 32.4 Å². The zero-order valence-corrected chi connectivity index (χ0v) is 36.9. The monoisotopic (exact) mass is 910 g/mol. The maximum atomic E-state index is 12.0. The zero-order valence-electron chi connectivity index (χ0n) is 34.5. The number of aromatic nitrogens is 1. The number of amides is 5. The lowest BCUT2D eigenvalue weighted by Crippen LogP contribution is -2.37. The van der Waals surface area contributed by atoms with Crippen molar-refractivity contribution in [3.05, 3.63) is 89.1 Å². The topological polar surface area (TPSA) is 252 Å². The fraction of sp³-hybridized carbons (Fsp3) is 0.333. The molecular formula is C39H48Cl2N6O13S. The molecule has 4 aromatic rings. The van der Waals surface area contributed by atoms with Gasteiger partial charge in [-0.3, -0.25) is 15.4 Å². The molecule has 3 aromatic carbocycles. The maximum absolute atomic E-state index is 12.0. The number of nitrogens with one attached hydrogen (secondary N) is 5. The number of hydrogen-bond donors (Lipinski definition) is 5. The number of benzene rings is 3. The fourth-order valence-corrected chi connectivity index (χ4v) is 5.68. The Bertz CT molecular complexity index is 2190. The lowest BCUT2D eigenvalue weighted by molar-refractivity contribution is -0.118. The van der Waals surface area contributed by atoms with Gasteiger partial charge in [0, 0.05) is 45.9 Å². The summed E-state index contributed by atoms with van der Waals surface area (Å²) in [5.74, 6) is 1.80. The van der Waals surface area contributed by atoms with Crippen molar-refractivity contribution in [1.82, 2.24) is 15.2 Å². The van der Waals surface area contributed by atoms with Crippen molar-refractivity contribution in [3.8, 4) is 11.5 Å². The second-order valence-corrected chi connectivity index (χ2v) is 15.7. The molecule has 0 aliphatic rings. The van der Waals surface area contributed by atoms with E-state index in [1.54, 1.807) is 54.1 Å². The van der Waals surface area contributed by atoms with E-state index in [1.165, 1.54) is 44.6 Å². The van der Waals surface area contributed by atoms with Crippen LogP contribution in [0.2, 0.25) is 5.02 Å². The number of carbonyl (C=O) groups excluding carboxylic acids is 5. The average Bonchev–Trinajstić information content (AvgIpc) is 3.69. The normalized spacial score (nSPS) is 11.0. The van der Waals surface area contributed by atoms with E-state index in [1.807, 2.05) is 27.7 Å². The van der Waals surface area contributed by atoms with Gasteiger partial charge in [0.2, 0.25) is 0 Å². The first-order valence-electron chi connectivity index (χ1n) is 17.9. The van der Waals surface area contributed by atoms with Gasteiger partial charge in [-0.1, -0.05) is 50.5 Å². The minimum Gasteiger partial charge on any atom is -0.483 e. The van der Waals surface area contributed by atoms with Gasteiger partial charge in [0.1, 0.15) is 17.3 Å². The fourth-order valence-electron chi connectivity index (χ4n) is 4.25. The van der Waals surface area contributed by atoms with E-state index in [2.05, 4.69) is 40.6 Å². The molecule has 1 aromatic heterocycles. The number of alkyl halides is 1. The van der Waals surface area contributed by atoms with Gasteiger partial charge >= 0.3 is 24.4 Å². The summed E-state index contributed by atoms with van der Waals surface area (Å²) in [5, 5.41) is 14.4. The predicted octanol–water partition coefficient (Wildman–Crippen LogP) is 7.83. The lowest BCUT2D eigenvalue weighted by atomic mass is 9.93. The van der Waals surface area contributed by atoms with Crippen LogP contribution in [0.1, 0.15) is 45.4 Å². The van der Waals surface area contributed by atoms with Crippen LogP contribution in [-0.4, -0.2) is 83.7 Å². The van der Waals surface area contributed by atoms with Crippen LogP contribution in [0.15, 0.2) is 82.2 Å². The zero-order chi connectivity index (χ0) is 45.8. The summed E-state index contributed by atoms with van der Waals surface area (Å²) in [7, 11) is -0.436. The predicted molar refractivity (Wildman–Crippen MR) is 227 cm³/mol. The molecule has 0 aliphatic heterocycles. The van der Waals surface area contributed by atoms with Crippen LogP contribution in [0.25, 0.3) is 0 Å². The number of carbonyl (C=O) groups is 5. The summed E-state index contributed by atoms with van der Waals surface area (Å²) in [6.07, 6.45) is -2.13. The minimum atomic E-state index is -4.04. The van der Waals surface area contributed by atoms with E-state index in [0.717, 1.165) is 12.7 Å². The molecule has 5 amide bonds. The lowest BCUT2D eigenvalue weighted by Gasteiger charge is -2.13. The average molecular weight is 912 g/mol. The van der Waals surface area contributed by atoms with Gasteiger partial charge in [-0.25, -0.2) is 32.3 Å². The smallest absolute Gasteiger partial charge is 0.420 e. The van der Waals surface area contributed by atoms with Crippen molar-refractivity contribution < 1.29 is 60.6 Å². The second kappa shape index (κ2) is 24.7. The number of halogens is 2. The molecular weight excluding hydrogens is 863 g/mol. The highest BCUT2D eigenvalue weighted by Gasteiger charge is 2.21. The van der Waals surface area contributed by atoms with Gasteiger partial charge in [-0.05, 0) is 73.5 Å². The number of rotatable bonds is 12. The SMILES string of the molecule is CCC(CCl)NC(=O)Oc1cccc(NC(=O)OC)c1.COC(=O)NS(=O)(=O)c1ccc(NC(=O)COc2ccc(Cl)cc2C)cc1.COC(=O)Nc1cc(C(C)(C)C)on1. The molecule has 4 rings (SSSR count). The quantitative estimate of drug-likeness (QED) is 0.0671. The Morgan fingerprint density at radius 1 is 0.803 bits per heavy atom. The molecule has 0 fully saturated rings. The van der Waals surface area contributed by atoms with Crippen LogP contribution in [0, 0.1) is 6.92 Å². The Labute approximate surface area is 363 Å². The minimum absolute atomic E-state index is 0.122. The summed E-state index contributed by atoms with van der Waals surface area (Å²) in [4.78, 5) is 56.4. The Balaban J connectivity index is 0.000000333. The molecule has 1 heterocycles. The van der Waals surface area contributed by atoms with Gasteiger partial charge in [0.05, 0.1) is 26.2 Å². The van der Waals surface area contributed by atoms with E-state index in [0.29, 0.717) is 51.8 Å².